The summed E-state index contributed by atoms with van der Waals surface area (Å²) < 4.78 is 17.3. The lowest BCUT2D eigenvalue weighted by molar-refractivity contribution is -0.150. The Kier molecular flexibility index (Phi) is 27.1. The third kappa shape index (κ3) is 22.3. The SMILES string of the molecule is CC(C)CCCCCCCOC(=O)CCN(CCC(=O)OCCCCCCCC(C)C)CCC(=O)O[C@H]1CCC(C)/C(=C/C=C2\CCC[C@@]3(C)C2CC[C@@H]3[C@H](C)CCCC(C)C)C1. The molecule has 0 saturated heterocycles. The predicted molar refractivity (Wildman–Crippen MR) is 262 cm³/mol. The topological polar surface area (TPSA) is 82.1 Å². The zero-order valence-electron chi connectivity index (χ0n) is 42.6. The van der Waals surface area contributed by atoms with E-state index in [0.717, 1.165) is 74.5 Å². The van der Waals surface area contributed by atoms with Crippen LogP contribution < -0.4 is 0 Å². The Balaban J connectivity index is 1.49. The van der Waals surface area contributed by atoms with Crippen molar-refractivity contribution in [2.75, 3.05) is 32.8 Å². The normalized spacial score (nSPS) is 24.5. The van der Waals surface area contributed by atoms with Gasteiger partial charge in [0.1, 0.15) is 6.10 Å². The molecule has 0 amide bonds. The maximum atomic E-state index is 13.4. The molecule has 63 heavy (non-hydrogen) atoms. The van der Waals surface area contributed by atoms with Crippen molar-refractivity contribution in [2.24, 2.45) is 46.8 Å². The largest absolute Gasteiger partial charge is 0.466 e. The molecule has 3 rings (SSSR count). The molecule has 0 heterocycles. The van der Waals surface area contributed by atoms with E-state index in [1.165, 1.54) is 108 Å². The van der Waals surface area contributed by atoms with Crippen molar-refractivity contribution in [3.8, 4) is 0 Å². The first-order valence-electron chi connectivity index (χ1n) is 26.8. The molecule has 7 nitrogen and oxygen atoms in total. The van der Waals surface area contributed by atoms with Crippen molar-refractivity contribution >= 4 is 17.9 Å². The minimum Gasteiger partial charge on any atom is -0.466 e. The number of fused-ring (bicyclic) bond motifs is 1. The lowest BCUT2D eigenvalue weighted by Crippen LogP contribution is -2.36. The fourth-order valence-electron chi connectivity index (χ4n) is 11.2. The van der Waals surface area contributed by atoms with Crippen LogP contribution in [0, 0.1) is 46.8 Å². The van der Waals surface area contributed by atoms with E-state index >= 15 is 0 Å². The molecular weight excluding hydrogens is 783 g/mol. The zero-order valence-corrected chi connectivity index (χ0v) is 42.6. The van der Waals surface area contributed by atoms with Gasteiger partial charge in [0.15, 0.2) is 0 Å². The van der Waals surface area contributed by atoms with E-state index in [1.54, 1.807) is 5.57 Å². The molecule has 3 fully saturated rings. The van der Waals surface area contributed by atoms with Gasteiger partial charge in [-0.15, -0.1) is 0 Å². The zero-order chi connectivity index (χ0) is 46.0. The second-order valence-electron chi connectivity index (χ2n) is 22.1. The summed E-state index contributed by atoms with van der Waals surface area (Å²) in [6.07, 6.45) is 32.7. The van der Waals surface area contributed by atoms with Crippen LogP contribution in [0.15, 0.2) is 23.3 Å². The smallest absolute Gasteiger partial charge is 0.307 e. The summed E-state index contributed by atoms with van der Waals surface area (Å²) in [5.74, 6) is 4.47. The molecule has 0 aromatic rings. The first kappa shape index (κ1) is 55.2. The number of carbonyl (C=O) groups excluding carboxylic acids is 3. The number of nitrogens with zero attached hydrogens (tertiary/aromatic N) is 1. The predicted octanol–water partition coefficient (Wildman–Crippen LogP) is 14.8. The third-order valence-corrected chi connectivity index (χ3v) is 15.3. The van der Waals surface area contributed by atoms with Gasteiger partial charge in [-0.05, 0) is 105 Å². The number of unbranched alkanes of at least 4 members (excludes halogenated alkanes) is 8. The molecule has 0 N–H and O–H groups in total. The number of carbonyl (C=O) groups is 3. The van der Waals surface area contributed by atoms with Crippen LogP contribution in [0.4, 0.5) is 0 Å². The number of hydrogen-bond acceptors (Lipinski definition) is 7. The van der Waals surface area contributed by atoms with E-state index in [2.05, 4.69) is 74.5 Å². The van der Waals surface area contributed by atoms with Crippen LogP contribution in [0.3, 0.4) is 0 Å². The van der Waals surface area contributed by atoms with Crippen molar-refractivity contribution in [1.29, 1.82) is 0 Å². The molecule has 6 atom stereocenters. The van der Waals surface area contributed by atoms with Gasteiger partial charge in [-0.2, -0.15) is 0 Å². The fraction of sp³-hybridized carbons (Fsp3) is 0.875. The maximum absolute atomic E-state index is 13.4. The van der Waals surface area contributed by atoms with Crippen molar-refractivity contribution in [2.45, 2.75) is 235 Å². The van der Waals surface area contributed by atoms with Gasteiger partial charge < -0.3 is 19.1 Å². The van der Waals surface area contributed by atoms with Gasteiger partial charge in [-0.3, -0.25) is 14.4 Å². The molecule has 364 valence electrons. The highest BCUT2D eigenvalue weighted by molar-refractivity contribution is 5.71. The van der Waals surface area contributed by atoms with Crippen molar-refractivity contribution in [1.82, 2.24) is 4.90 Å². The van der Waals surface area contributed by atoms with Crippen molar-refractivity contribution < 1.29 is 28.6 Å². The van der Waals surface area contributed by atoms with Crippen LogP contribution in [0.1, 0.15) is 229 Å². The molecule has 0 aliphatic heterocycles. The summed E-state index contributed by atoms with van der Waals surface area (Å²) in [4.78, 5) is 40.9. The quantitative estimate of drug-likeness (QED) is 0.0378. The first-order valence-corrected chi connectivity index (χ1v) is 26.8. The Morgan fingerprint density at radius 2 is 1.13 bits per heavy atom. The highest BCUT2D eigenvalue weighted by atomic mass is 16.5. The monoisotopic (exact) mass is 882 g/mol. The van der Waals surface area contributed by atoms with Crippen molar-refractivity contribution in [3.63, 3.8) is 0 Å². The lowest BCUT2D eigenvalue weighted by atomic mass is 9.60. The number of hydrogen-bond donors (Lipinski definition) is 0. The van der Waals surface area contributed by atoms with E-state index in [-0.39, 0.29) is 43.3 Å². The average molecular weight is 882 g/mol. The number of esters is 3. The highest BCUT2D eigenvalue weighted by Crippen LogP contribution is 2.60. The molecule has 7 heteroatoms. The van der Waals surface area contributed by atoms with Gasteiger partial charge in [0, 0.05) is 26.1 Å². The van der Waals surface area contributed by atoms with E-state index in [1.807, 2.05) is 4.90 Å². The molecule has 0 spiro atoms. The van der Waals surface area contributed by atoms with Crippen LogP contribution in [0.2, 0.25) is 0 Å². The van der Waals surface area contributed by atoms with Crippen LogP contribution >= 0.6 is 0 Å². The average Bonchev–Trinajstić information content (AvgIpc) is 3.59. The number of rotatable bonds is 32. The van der Waals surface area contributed by atoms with Crippen LogP contribution in [0.5, 0.6) is 0 Å². The van der Waals surface area contributed by atoms with E-state index in [4.69, 9.17) is 14.2 Å². The minimum atomic E-state index is -0.221. The summed E-state index contributed by atoms with van der Waals surface area (Å²) in [5, 5.41) is 0. The van der Waals surface area contributed by atoms with Crippen molar-refractivity contribution in [3.05, 3.63) is 23.3 Å². The Labute approximate surface area is 388 Å². The fourth-order valence-corrected chi connectivity index (χ4v) is 11.2. The van der Waals surface area contributed by atoms with Crippen LogP contribution in [-0.4, -0.2) is 61.8 Å². The van der Waals surface area contributed by atoms with Gasteiger partial charge in [-0.25, -0.2) is 0 Å². The molecule has 2 unspecified atom stereocenters. The Morgan fingerprint density at radius 3 is 1.70 bits per heavy atom. The molecule has 0 bridgehead atoms. The lowest BCUT2D eigenvalue weighted by Gasteiger charge is -2.44. The Morgan fingerprint density at radius 1 is 0.619 bits per heavy atom. The Hall–Kier alpha value is -2.15. The molecule has 3 aliphatic rings. The second-order valence-corrected chi connectivity index (χ2v) is 22.1. The summed E-state index contributed by atoms with van der Waals surface area (Å²) in [5.41, 5.74) is 3.49. The third-order valence-electron chi connectivity index (χ3n) is 15.3. The molecule has 3 saturated carbocycles. The number of allylic oxidation sites excluding steroid dienone is 3. The highest BCUT2D eigenvalue weighted by Gasteiger charge is 2.50. The van der Waals surface area contributed by atoms with E-state index in [9.17, 15) is 14.4 Å². The molecule has 0 aromatic heterocycles. The van der Waals surface area contributed by atoms with E-state index < -0.39 is 0 Å². The molecule has 0 radical (unpaired) electrons. The summed E-state index contributed by atoms with van der Waals surface area (Å²) >= 11 is 0. The van der Waals surface area contributed by atoms with Gasteiger partial charge in [-0.1, -0.05) is 169 Å². The minimum absolute atomic E-state index is 0.110. The van der Waals surface area contributed by atoms with Crippen LogP contribution in [-0.2, 0) is 28.6 Å². The Bertz CT molecular complexity index is 1310. The summed E-state index contributed by atoms with van der Waals surface area (Å²) in [6, 6.07) is 0. The number of ether oxygens (including phenoxy) is 3. The van der Waals surface area contributed by atoms with Gasteiger partial charge in [0.05, 0.1) is 32.5 Å². The summed E-state index contributed by atoms with van der Waals surface area (Å²) in [6.45, 7) is 23.5. The van der Waals surface area contributed by atoms with E-state index in [0.29, 0.717) is 50.1 Å². The van der Waals surface area contributed by atoms with Gasteiger partial charge in [0.2, 0.25) is 0 Å². The van der Waals surface area contributed by atoms with Gasteiger partial charge in [0.25, 0.3) is 0 Å². The standard InChI is InChI=1S/C56H99NO6/c1-43(2)22-16-12-10-14-18-40-61-53(58)33-37-57(38-34-54(59)62-41-19-15-11-13-17-23-44(3)4)39-35-55(60)63-50-30-27-46(7)49(42-50)29-28-48-26-21-36-56(9)51(31-32-52(48)56)47(8)25-20-24-45(5)6/h28-29,43-47,50-52H,10-27,30-42H2,1-9H3/b48-28+,49-29+/t46?,47-,50+,51-,52?,56-/m1/s1. The molecule has 0 aromatic carbocycles. The van der Waals surface area contributed by atoms with Crippen LogP contribution in [0.25, 0.3) is 0 Å². The summed E-state index contributed by atoms with van der Waals surface area (Å²) in [7, 11) is 0. The second kappa shape index (κ2) is 30.9. The first-order chi connectivity index (χ1) is 30.2. The molecular formula is C56H99NO6. The van der Waals surface area contributed by atoms with Gasteiger partial charge >= 0.3 is 17.9 Å². The maximum Gasteiger partial charge on any atom is 0.307 e. The molecule has 3 aliphatic carbocycles.